The van der Waals surface area contributed by atoms with Crippen molar-refractivity contribution in [3.63, 3.8) is 0 Å². The minimum Gasteiger partial charge on any atom is -0.307 e. The van der Waals surface area contributed by atoms with Gasteiger partial charge in [-0.2, -0.15) is 5.26 Å². The van der Waals surface area contributed by atoms with E-state index in [1.54, 1.807) is 35.2 Å². The number of amides is 1. The smallest absolute Gasteiger partial charge is 0.274 e. The highest BCUT2D eigenvalue weighted by atomic mass is 32.2. The molecule has 0 fully saturated rings. The molecule has 24 heavy (non-hydrogen) atoms. The van der Waals surface area contributed by atoms with Gasteiger partial charge in [0.2, 0.25) is 0 Å². The third-order valence-electron chi connectivity index (χ3n) is 3.83. The number of nitriles is 1. The van der Waals surface area contributed by atoms with E-state index in [1.165, 1.54) is 17.8 Å². The van der Waals surface area contributed by atoms with Crippen molar-refractivity contribution < 1.29 is 9.72 Å². The van der Waals surface area contributed by atoms with Gasteiger partial charge in [-0.25, -0.2) is 0 Å². The van der Waals surface area contributed by atoms with Crippen molar-refractivity contribution in [2.75, 3.05) is 17.2 Å². The Bertz CT molecular complexity index is 860. The van der Waals surface area contributed by atoms with Crippen LogP contribution >= 0.6 is 11.8 Å². The molecule has 0 spiro atoms. The highest BCUT2D eigenvalue weighted by Crippen LogP contribution is 2.35. The van der Waals surface area contributed by atoms with Crippen LogP contribution < -0.4 is 4.90 Å². The number of hydrogen-bond donors (Lipinski definition) is 0. The number of nitro groups is 1. The highest BCUT2D eigenvalue weighted by Gasteiger charge is 2.30. The third-order valence-corrected chi connectivity index (χ3v) is 4.69. The number of fused-ring (bicyclic) bond motifs is 1. The fourth-order valence-corrected chi connectivity index (χ4v) is 3.40. The summed E-state index contributed by atoms with van der Waals surface area (Å²) < 4.78 is 0. The normalized spacial score (nSPS) is 12.5. The molecule has 0 atom stereocenters. The van der Waals surface area contributed by atoms with Crippen LogP contribution in [0.15, 0.2) is 47.4 Å². The maximum absolute atomic E-state index is 12.8. The van der Waals surface area contributed by atoms with Gasteiger partial charge in [-0.15, -0.1) is 11.8 Å². The summed E-state index contributed by atoms with van der Waals surface area (Å²) in [7, 11) is 0. The first-order valence-corrected chi connectivity index (χ1v) is 8.28. The van der Waals surface area contributed by atoms with Crippen LogP contribution in [0, 0.1) is 21.4 Å². The largest absolute Gasteiger partial charge is 0.307 e. The lowest BCUT2D eigenvalue weighted by Crippen LogP contribution is -2.28. The zero-order valence-electron chi connectivity index (χ0n) is 12.6. The molecule has 1 aliphatic heterocycles. The van der Waals surface area contributed by atoms with Gasteiger partial charge in [-0.1, -0.05) is 12.1 Å². The van der Waals surface area contributed by atoms with Crippen molar-refractivity contribution in [1.82, 2.24) is 0 Å². The lowest BCUT2D eigenvalue weighted by atomic mass is 10.1. The van der Waals surface area contributed by atoms with E-state index < -0.39 is 4.92 Å². The van der Waals surface area contributed by atoms with E-state index in [0.29, 0.717) is 35.5 Å². The molecule has 6 nitrogen and oxygen atoms in total. The summed E-state index contributed by atoms with van der Waals surface area (Å²) in [6, 6.07) is 13.9. The molecule has 0 aromatic heterocycles. The van der Waals surface area contributed by atoms with Crippen LogP contribution in [0.1, 0.15) is 15.9 Å². The Morgan fingerprint density at radius 1 is 1.33 bits per heavy atom. The Morgan fingerprint density at radius 3 is 2.88 bits per heavy atom. The molecule has 0 bridgehead atoms. The van der Waals surface area contributed by atoms with Gasteiger partial charge >= 0.3 is 0 Å². The van der Waals surface area contributed by atoms with Crippen molar-refractivity contribution in [1.29, 1.82) is 5.26 Å². The SMILES string of the molecule is N#CCSc1cccc(C(=O)N2CCc3c2cccc3[N+](=O)[O-])c1. The van der Waals surface area contributed by atoms with Crippen LogP contribution in [0.25, 0.3) is 0 Å². The van der Waals surface area contributed by atoms with E-state index >= 15 is 0 Å². The lowest BCUT2D eigenvalue weighted by molar-refractivity contribution is -0.385. The number of thioether (sulfide) groups is 1. The first-order valence-electron chi connectivity index (χ1n) is 7.30. The molecule has 3 rings (SSSR count). The number of nitrogens with zero attached hydrogens (tertiary/aromatic N) is 3. The quantitative estimate of drug-likeness (QED) is 0.484. The fraction of sp³-hybridized carbons (Fsp3) is 0.176. The molecule has 2 aromatic rings. The number of rotatable bonds is 4. The Labute approximate surface area is 142 Å². The van der Waals surface area contributed by atoms with E-state index in [-0.39, 0.29) is 11.6 Å². The maximum Gasteiger partial charge on any atom is 0.274 e. The topological polar surface area (TPSA) is 87.2 Å². The summed E-state index contributed by atoms with van der Waals surface area (Å²) in [4.78, 5) is 25.9. The molecular weight excluding hydrogens is 326 g/mol. The molecule has 1 amide bonds. The third kappa shape index (κ3) is 2.96. The average molecular weight is 339 g/mol. The van der Waals surface area contributed by atoms with Crippen molar-refractivity contribution in [3.05, 3.63) is 63.7 Å². The summed E-state index contributed by atoms with van der Waals surface area (Å²) in [5.41, 5.74) is 1.77. The Balaban J connectivity index is 1.90. The molecule has 1 aliphatic rings. The molecular formula is C17H13N3O3S. The van der Waals surface area contributed by atoms with Gasteiger partial charge < -0.3 is 4.90 Å². The summed E-state index contributed by atoms with van der Waals surface area (Å²) in [5, 5.41) is 19.8. The van der Waals surface area contributed by atoms with E-state index in [1.807, 2.05) is 6.07 Å². The molecule has 0 radical (unpaired) electrons. The molecule has 0 saturated heterocycles. The molecule has 1 heterocycles. The Morgan fingerprint density at radius 2 is 2.12 bits per heavy atom. The Hall–Kier alpha value is -2.85. The first-order chi connectivity index (χ1) is 11.6. The van der Waals surface area contributed by atoms with Crippen LogP contribution in [0.3, 0.4) is 0 Å². The summed E-state index contributed by atoms with van der Waals surface area (Å²) in [5.74, 6) is 0.129. The van der Waals surface area contributed by atoms with Crippen molar-refractivity contribution in [3.8, 4) is 6.07 Å². The maximum atomic E-state index is 12.8. The highest BCUT2D eigenvalue weighted by molar-refractivity contribution is 7.99. The van der Waals surface area contributed by atoms with Crippen molar-refractivity contribution in [2.24, 2.45) is 0 Å². The summed E-state index contributed by atoms with van der Waals surface area (Å²) >= 11 is 1.37. The second kappa shape index (κ2) is 6.72. The van der Waals surface area contributed by atoms with Crippen LogP contribution in [-0.4, -0.2) is 23.1 Å². The molecule has 0 saturated carbocycles. The minimum atomic E-state index is -0.411. The average Bonchev–Trinajstić information content (AvgIpc) is 3.03. The standard InChI is InChI=1S/C17H13N3O3S/c18-8-10-24-13-4-1-3-12(11-13)17(21)19-9-7-14-15(19)5-2-6-16(14)20(22)23/h1-6,11H,7,9-10H2. The number of carbonyl (C=O) groups is 1. The lowest BCUT2D eigenvalue weighted by Gasteiger charge is -2.17. The number of benzene rings is 2. The molecule has 2 aromatic carbocycles. The monoisotopic (exact) mass is 339 g/mol. The van der Waals surface area contributed by atoms with Gasteiger partial charge in [0, 0.05) is 23.1 Å². The second-order valence-corrected chi connectivity index (χ2v) is 6.26. The second-order valence-electron chi connectivity index (χ2n) is 5.21. The number of anilines is 1. The molecule has 120 valence electrons. The molecule has 0 unspecified atom stereocenters. The van der Waals surface area contributed by atoms with Crippen molar-refractivity contribution in [2.45, 2.75) is 11.3 Å². The van der Waals surface area contributed by atoms with Crippen LogP contribution in [0.2, 0.25) is 0 Å². The van der Waals surface area contributed by atoms with E-state index in [4.69, 9.17) is 5.26 Å². The Kier molecular flexibility index (Phi) is 4.49. The van der Waals surface area contributed by atoms with Gasteiger partial charge in [0.25, 0.3) is 11.6 Å². The van der Waals surface area contributed by atoms with Gasteiger partial charge in [0.1, 0.15) is 0 Å². The molecule has 7 heteroatoms. The number of hydrogen-bond acceptors (Lipinski definition) is 5. The van der Waals surface area contributed by atoms with Crippen LogP contribution in [-0.2, 0) is 6.42 Å². The summed E-state index contributed by atoms with van der Waals surface area (Å²) in [6.45, 7) is 0.425. The van der Waals surface area contributed by atoms with E-state index in [2.05, 4.69) is 6.07 Å². The molecule has 0 N–H and O–H groups in total. The van der Waals surface area contributed by atoms with Crippen molar-refractivity contribution >= 4 is 29.0 Å². The molecule has 0 aliphatic carbocycles. The van der Waals surface area contributed by atoms with Gasteiger partial charge in [0.15, 0.2) is 0 Å². The van der Waals surface area contributed by atoms with Gasteiger partial charge in [-0.3, -0.25) is 14.9 Å². The zero-order valence-corrected chi connectivity index (χ0v) is 13.5. The predicted molar refractivity (Wildman–Crippen MR) is 91.3 cm³/mol. The predicted octanol–water partition coefficient (Wildman–Crippen LogP) is 3.41. The zero-order chi connectivity index (χ0) is 17.1. The van der Waals surface area contributed by atoms with Gasteiger partial charge in [0.05, 0.1) is 28.0 Å². The fourth-order valence-electron chi connectivity index (χ4n) is 2.79. The van der Waals surface area contributed by atoms with Gasteiger partial charge in [-0.05, 0) is 30.7 Å². The summed E-state index contributed by atoms with van der Waals surface area (Å²) in [6.07, 6.45) is 0.473. The first kappa shape index (κ1) is 16.0. The number of nitro benzene ring substituents is 1. The minimum absolute atomic E-state index is 0.0566. The van der Waals surface area contributed by atoms with E-state index in [9.17, 15) is 14.9 Å². The van der Waals surface area contributed by atoms with Crippen LogP contribution in [0.5, 0.6) is 0 Å². The number of carbonyl (C=O) groups excluding carboxylic acids is 1. The van der Waals surface area contributed by atoms with E-state index in [0.717, 1.165) is 4.90 Å². The van der Waals surface area contributed by atoms with Crippen LogP contribution in [0.4, 0.5) is 11.4 Å².